The van der Waals surface area contributed by atoms with Crippen molar-refractivity contribution in [3.63, 3.8) is 0 Å². The molecule has 1 heterocycles. The largest absolute Gasteiger partial charge is 0.490 e. The van der Waals surface area contributed by atoms with Crippen LogP contribution in [0.2, 0.25) is 0 Å². The number of esters is 1. The van der Waals surface area contributed by atoms with Crippen LogP contribution in [0.25, 0.3) is 0 Å². The van der Waals surface area contributed by atoms with Gasteiger partial charge >= 0.3 is 5.97 Å². The van der Waals surface area contributed by atoms with Gasteiger partial charge in [0.25, 0.3) is 0 Å². The maximum absolute atomic E-state index is 13.7. The summed E-state index contributed by atoms with van der Waals surface area (Å²) < 4.78 is 45.1. The number of nitrogens with zero attached hydrogens (tertiary/aromatic N) is 1. The van der Waals surface area contributed by atoms with Crippen LogP contribution < -0.4 is 9.47 Å². The second-order valence-electron chi connectivity index (χ2n) is 8.25. The van der Waals surface area contributed by atoms with Crippen molar-refractivity contribution in [1.29, 1.82) is 0 Å². The van der Waals surface area contributed by atoms with Crippen LogP contribution in [0.1, 0.15) is 62.8 Å². The third-order valence-corrected chi connectivity index (χ3v) is 7.78. The van der Waals surface area contributed by atoms with E-state index >= 15 is 0 Å². The van der Waals surface area contributed by atoms with Crippen LogP contribution in [0, 0.1) is 0 Å². The molecule has 3 rings (SSSR count). The van der Waals surface area contributed by atoms with E-state index in [2.05, 4.69) is 13.8 Å². The number of hydrogen-bond donors (Lipinski definition) is 0. The van der Waals surface area contributed by atoms with Crippen molar-refractivity contribution < 1.29 is 27.4 Å². The zero-order valence-corrected chi connectivity index (χ0v) is 20.8. The summed E-state index contributed by atoms with van der Waals surface area (Å²) >= 11 is 0. The normalized spacial score (nSPS) is 16.4. The molecule has 0 spiro atoms. The molecule has 0 N–H and O–H groups in total. The highest BCUT2D eigenvalue weighted by Crippen LogP contribution is 2.42. The number of ether oxygens (including phenoxy) is 3. The van der Waals surface area contributed by atoms with E-state index in [0.717, 1.165) is 16.7 Å². The smallest absolute Gasteiger partial charge is 0.307 e. The van der Waals surface area contributed by atoms with Gasteiger partial charge < -0.3 is 14.2 Å². The first-order valence-corrected chi connectivity index (χ1v) is 12.8. The highest BCUT2D eigenvalue weighted by atomic mass is 32.2. The molecule has 1 aliphatic rings. The van der Waals surface area contributed by atoms with Crippen LogP contribution in [0.5, 0.6) is 11.5 Å². The van der Waals surface area contributed by atoms with Gasteiger partial charge in [-0.05, 0) is 67.1 Å². The van der Waals surface area contributed by atoms with Gasteiger partial charge in [-0.3, -0.25) is 4.79 Å². The van der Waals surface area contributed by atoms with E-state index in [1.165, 1.54) is 11.4 Å². The fourth-order valence-corrected chi connectivity index (χ4v) is 5.73. The van der Waals surface area contributed by atoms with Crippen molar-refractivity contribution in [2.24, 2.45) is 0 Å². The molecule has 0 unspecified atom stereocenters. The van der Waals surface area contributed by atoms with Gasteiger partial charge in [-0.1, -0.05) is 26.0 Å². The molecular weight excluding hydrogens is 442 g/mol. The fraction of sp³-hybridized carbons (Fsp3) is 0.480. The zero-order chi connectivity index (χ0) is 24.2. The highest BCUT2D eigenvalue weighted by Gasteiger charge is 2.38. The number of methoxy groups -OCH3 is 1. The van der Waals surface area contributed by atoms with Crippen molar-refractivity contribution in [3.8, 4) is 11.5 Å². The molecule has 0 amide bonds. The Labute approximate surface area is 196 Å². The van der Waals surface area contributed by atoms with Crippen LogP contribution in [0.15, 0.2) is 41.3 Å². The SMILES string of the molecule is CCOc1cc2c(cc1OCC)[C@H](CC(=O)OC)N(S(=O)(=O)c1ccc(C(C)C)cc1)CC2. The summed E-state index contributed by atoms with van der Waals surface area (Å²) in [5.74, 6) is 0.978. The van der Waals surface area contributed by atoms with E-state index in [0.29, 0.717) is 37.1 Å². The molecule has 33 heavy (non-hydrogen) atoms. The molecular formula is C25H33NO6S. The van der Waals surface area contributed by atoms with Gasteiger partial charge in [0.15, 0.2) is 11.5 Å². The average molecular weight is 476 g/mol. The van der Waals surface area contributed by atoms with Gasteiger partial charge in [-0.25, -0.2) is 8.42 Å². The lowest BCUT2D eigenvalue weighted by atomic mass is 9.91. The first-order valence-electron chi connectivity index (χ1n) is 11.3. The van der Waals surface area contributed by atoms with Gasteiger partial charge in [0, 0.05) is 6.54 Å². The van der Waals surface area contributed by atoms with Crippen LogP contribution in [-0.2, 0) is 26.0 Å². The minimum atomic E-state index is -3.84. The minimum Gasteiger partial charge on any atom is -0.490 e. The molecule has 0 saturated carbocycles. The molecule has 0 bridgehead atoms. The Bertz CT molecular complexity index is 1080. The Morgan fingerprint density at radius 3 is 2.21 bits per heavy atom. The number of rotatable bonds is 9. The van der Waals surface area contributed by atoms with E-state index in [1.807, 2.05) is 32.0 Å². The Kier molecular flexibility index (Phi) is 8.02. The predicted molar refractivity (Wildman–Crippen MR) is 126 cm³/mol. The summed E-state index contributed by atoms with van der Waals surface area (Å²) in [6.45, 7) is 9.06. The number of sulfonamides is 1. The number of carbonyl (C=O) groups is 1. The van der Waals surface area contributed by atoms with E-state index in [4.69, 9.17) is 14.2 Å². The number of carbonyl (C=O) groups excluding carboxylic acids is 1. The lowest BCUT2D eigenvalue weighted by molar-refractivity contribution is -0.141. The second kappa shape index (κ2) is 10.6. The molecule has 0 aliphatic carbocycles. The molecule has 1 aliphatic heterocycles. The molecule has 0 fully saturated rings. The van der Waals surface area contributed by atoms with Crippen LogP contribution in [0.3, 0.4) is 0 Å². The van der Waals surface area contributed by atoms with Crippen LogP contribution in [-0.4, -0.2) is 45.6 Å². The third kappa shape index (κ3) is 5.33. The van der Waals surface area contributed by atoms with E-state index < -0.39 is 22.0 Å². The van der Waals surface area contributed by atoms with Gasteiger partial charge in [-0.15, -0.1) is 0 Å². The lowest BCUT2D eigenvalue weighted by Gasteiger charge is -2.36. The summed E-state index contributed by atoms with van der Waals surface area (Å²) in [5, 5.41) is 0. The van der Waals surface area contributed by atoms with Gasteiger partial charge in [0.1, 0.15) is 0 Å². The summed E-state index contributed by atoms with van der Waals surface area (Å²) in [6.07, 6.45) is 0.412. The highest BCUT2D eigenvalue weighted by molar-refractivity contribution is 7.89. The van der Waals surface area contributed by atoms with Crippen molar-refractivity contribution in [2.75, 3.05) is 26.9 Å². The van der Waals surface area contributed by atoms with E-state index in [1.54, 1.807) is 18.2 Å². The first-order chi connectivity index (χ1) is 15.7. The zero-order valence-electron chi connectivity index (χ0n) is 20.0. The number of fused-ring (bicyclic) bond motifs is 1. The molecule has 0 aromatic heterocycles. The van der Waals surface area contributed by atoms with Gasteiger partial charge in [0.2, 0.25) is 10.0 Å². The molecule has 1 atom stereocenters. The second-order valence-corrected chi connectivity index (χ2v) is 10.1. The summed E-state index contributed by atoms with van der Waals surface area (Å²) in [5.41, 5.74) is 2.74. The monoisotopic (exact) mass is 475 g/mol. The maximum Gasteiger partial charge on any atom is 0.307 e. The summed E-state index contributed by atoms with van der Waals surface area (Å²) in [4.78, 5) is 12.5. The first kappa shape index (κ1) is 25.1. The third-order valence-electron chi connectivity index (χ3n) is 5.85. The maximum atomic E-state index is 13.7. The quantitative estimate of drug-likeness (QED) is 0.498. The van der Waals surface area contributed by atoms with Crippen LogP contribution in [0.4, 0.5) is 0 Å². The minimum absolute atomic E-state index is 0.0909. The van der Waals surface area contributed by atoms with Crippen molar-refractivity contribution in [3.05, 3.63) is 53.1 Å². The molecule has 7 nitrogen and oxygen atoms in total. The summed E-state index contributed by atoms with van der Waals surface area (Å²) in [6, 6.07) is 9.96. The van der Waals surface area contributed by atoms with Crippen LogP contribution >= 0.6 is 0 Å². The van der Waals surface area contributed by atoms with E-state index in [-0.39, 0.29) is 17.9 Å². The van der Waals surface area contributed by atoms with Crippen molar-refractivity contribution in [2.45, 2.75) is 57.4 Å². The topological polar surface area (TPSA) is 82.1 Å². The molecule has 8 heteroatoms. The number of hydrogen-bond acceptors (Lipinski definition) is 6. The molecule has 2 aromatic carbocycles. The van der Waals surface area contributed by atoms with Crippen molar-refractivity contribution in [1.82, 2.24) is 4.31 Å². The van der Waals surface area contributed by atoms with Gasteiger partial charge in [0.05, 0.1) is 37.7 Å². The lowest BCUT2D eigenvalue weighted by Crippen LogP contribution is -2.41. The van der Waals surface area contributed by atoms with E-state index in [9.17, 15) is 13.2 Å². The Morgan fingerprint density at radius 1 is 1.06 bits per heavy atom. The Morgan fingerprint density at radius 2 is 1.67 bits per heavy atom. The molecule has 180 valence electrons. The summed E-state index contributed by atoms with van der Waals surface area (Å²) in [7, 11) is -2.54. The average Bonchev–Trinajstić information content (AvgIpc) is 2.80. The van der Waals surface area contributed by atoms with Gasteiger partial charge in [-0.2, -0.15) is 4.31 Å². The standard InChI is InChI=1S/C25H33NO6S/c1-6-31-23-14-19-12-13-26(33(28,29)20-10-8-18(9-11-20)17(3)4)22(16-25(27)30-5)21(19)15-24(23)32-7-2/h8-11,14-15,17,22H,6-7,12-13,16H2,1-5H3/t22-/m0/s1. The molecule has 0 saturated heterocycles. The Balaban J connectivity index is 2.08. The Hall–Kier alpha value is -2.58. The molecule has 2 aromatic rings. The fourth-order valence-electron chi connectivity index (χ4n) is 4.12. The van der Waals surface area contributed by atoms with Crippen molar-refractivity contribution >= 4 is 16.0 Å². The number of benzene rings is 2. The predicted octanol–water partition coefficient (Wildman–Crippen LogP) is 4.46. The molecule has 0 radical (unpaired) electrons.